The molecular weight excluding hydrogens is 520 g/mol. The minimum Gasteiger partial charge on any atom is -0.369 e. The summed E-state index contributed by atoms with van der Waals surface area (Å²) in [5.74, 6) is 0.316. The monoisotopic (exact) mass is 548 g/mol. The van der Waals surface area contributed by atoms with Crippen LogP contribution in [-0.2, 0) is 17.4 Å². The fourth-order valence-corrected chi connectivity index (χ4v) is 3.87. The van der Waals surface area contributed by atoms with E-state index < -0.39 is 11.9 Å². The number of piperidine rings is 1. The number of hydrogen-bond acceptors (Lipinski definition) is 5. The standard InChI is InChI=1S/C17H27F3N6OS.HI/c1-22-16(24-7-5-14-25-13(11-28-14)17(18,19)20)23-6-3-9-26-8-2-4-12(10-26)15(21)27;/h11-12H,2-10H2,1H3,(H2,21,27)(H2,22,23,24);1H. The van der Waals surface area contributed by atoms with Crippen LogP contribution in [0.1, 0.15) is 30.0 Å². The third kappa shape index (κ3) is 9.03. The minimum atomic E-state index is -4.40. The van der Waals surface area contributed by atoms with E-state index >= 15 is 0 Å². The quantitative estimate of drug-likeness (QED) is 0.200. The molecule has 4 N–H and O–H groups in total. The number of primary amides is 1. The zero-order valence-corrected chi connectivity index (χ0v) is 19.4. The first kappa shape index (κ1) is 25.9. The van der Waals surface area contributed by atoms with Crippen LogP contribution in [0.25, 0.3) is 0 Å². The van der Waals surface area contributed by atoms with Crippen molar-refractivity contribution < 1.29 is 18.0 Å². The summed E-state index contributed by atoms with van der Waals surface area (Å²) in [7, 11) is 1.64. The maximum absolute atomic E-state index is 12.5. The Kier molecular flexibility index (Phi) is 11.2. The maximum atomic E-state index is 12.5. The van der Waals surface area contributed by atoms with E-state index in [9.17, 15) is 18.0 Å². The second-order valence-electron chi connectivity index (χ2n) is 6.70. The minimum absolute atomic E-state index is 0. The van der Waals surface area contributed by atoms with Gasteiger partial charge in [0, 0.05) is 38.5 Å². The van der Waals surface area contributed by atoms with E-state index in [1.54, 1.807) is 7.05 Å². The molecule has 166 valence electrons. The lowest BCUT2D eigenvalue weighted by molar-refractivity contribution is -0.140. The molecule has 1 aromatic rings. The van der Waals surface area contributed by atoms with Crippen LogP contribution in [0.4, 0.5) is 13.2 Å². The predicted molar refractivity (Wildman–Crippen MR) is 119 cm³/mol. The average Bonchev–Trinajstić information content (AvgIpc) is 3.13. The van der Waals surface area contributed by atoms with E-state index in [2.05, 4.69) is 25.5 Å². The molecule has 1 aliphatic heterocycles. The highest BCUT2D eigenvalue weighted by molar-refractivity contribution is 14.0. The van der Waals surface area contributed by atoms with Gasteiger partial charge in [-0.2, -0.15) is 13.2 Å². The molecule has 1 aromatic heterocycles. The molecule has 0 spiro atoms. The molecule has 1 unspecified atom stereocenters. The molecule has 0 bridgehead atoms. The first-order valence-corrected chi connectivity index (χ1v) is 10.2. The highest BCUT2D eigenvalue weighted by atomic mass is 127. The van der Waals surface area contributed by atoms with Crippen LogP contribution < -0.4 is 16.4 Å². The Labute approximate surface area is 189 Å². The summed E-state index contributed by atoms with van der Waals surface area (Å²) in [4.78, 5) is 21.3. The molecule has 0 aromatic carbocycles. The molecule has 0 radical (unpaired) electrons. The van der Waals surface area contributed by atoms with Crippen molar-refractivity contribution in [1.82, 2.24) is 20.5 Å². The molecule has 0 aliphatic carbocycles. The fraction of sp³-hybridized carbons (Fsp3) is 0.706. The number of carbonyl (C=O) groups excluding carboxylic acids is 1. The van der Waals surface area contributed by atoms with Crippen molar-refractivity contribution in [2.75, 3.05) is 39.8 Å². The third-order valence-corrected chi connectivity index (χ3v) is 5.46. The zero-order chi connectivity index (χ0) is 20.6. The van der Waals surface area contributed by atoms with Gasteiger partial charge in [-0.25, -0.2) is 4.98 Å². The summed E-state index contributed by atoms with van der Waals surface area (Å²) >= 11 is 1.01. The molecule has 2 heterocycles. The van der Waals surface area contributed by atoms with E-state index in [4.69, 9.17) is 5.73 Å². The van der Waals surface area contributed by atoms with Gasteiger partial charge in [0.05, 0.1) is 10.9 Å². The van der Waals surface area contributed by atoms with Crippen molar-refractivity contribution in [2.45, 2.75) is 31.9 Å². The summed E-state index contributed by atoms with van der Waals surface area (Å²) < 4.78 is 37.6. The number of rotatable bonds is 8. The molecule has 1 fully saturated rings. The van der Waals surface area contributed by atoms with E-state index in [0.717, 1.165) is 55.6 Å². The largest absolute Gasteiger partial charge is 0.434 e. The highest BCUT2D eigenvalue weighted by Crippen LogP contribution is 2.30. The normalized spacial score (nSPS) is 18.2. The lowest BCUT2D eigenvalue weighted by Gasteiger charge is -2.31. The van der Waals surface area contributed by atoms with Crippen molar-refractivity contribution in [3.8, 4) is 0 Å². The number of amides is 1. The number of carbonyl (C=O) groups is 1. The van der Waals surface area contributed by atoms with E-state index in [-0.39, 0.29) is 35.8 Å². The van der Waals surface area contributed by atoms with Gasteiger partial charge in [0.2, 0.25) is 5.91 Å². The molecule has 1 saturated heterocycles. The summed E-state index contributed by atoms with van der Waals surface area (Å²) in [6.45, 7) is 3.71. The Morgan fingerprint density at radius 1 is 1.41 bits per heavy atom. The van der Waals surface area contributed by atoms with Crippen molar-refractivity contribution in [3.05, 3.63) is 16.1 Å². The SMILES string of the molecule is CN=C(NCCCN1CCCC(C(N)=O)C1)NCCc1nc(C(F)(F)F)cs1.I. The van der Waals surface area contributed by atoms with Crippen LogP contribution in [0, 0.1) is 5.92 Å². The molecule has 12 heteroatoms. The number of hydrogen-bond donors (Lipinski definition) is 3. The number of halogens is 4. The number of aliphatic imine (C=N–C) groups is 1. The van der Waals surface area contributed by atoms with Gasteiger partial charge < -0.3 is 21.3 Å². The summed E-state index contributed by atoms with van der Waals surface area (Å²) in [5.41, 5.74) is 4.55. The maximum Gasteiger partial charge on any atom is 0.434 e. The van der Waals surface area contributed by atoms with Crippen LogP contribution in [0.2, 0.25) is 0 Å². The van der Waals surface area contributed by atoms with E-state index in [1.807, 2.05) is 0 Å². The lowest BCUT2D eigenvalue weighted by Crippen LogP contribution is -2.43. The molecule has 2 rings (SSSR count). The molecule has 7 nitrogen and oxygen atoms in total. The highest BCUT2D eigenvalue weighted by Gasteiger charge is 2.33. The summed E-state index contributed by atoms with van der Waals surface area (Å²) in [6.07, 6.45) is -1.27. The smallest absolute Gasteiger partial charge is 0.369 e. The first-order valence-electron chi connectivity index (χ1n) is 9.27. The first-order chi connectivity index (χ1) is 13.3. The van der Waals surface area contributed by atoms with E-state index in [1.165, 1.54) is 0 Å². The van der Waals surface area contributed by atoms with Crippen molar-refractivity contribution in [3.63, 3.8) is 0 Å². The molecule has 1 amide bonds. The van der Waals surface area contributed by atoms with Gasteiger partial charge in [0.15, 0.2) is 11.7 Å². The Morgan fingerprint density at radius 3 is 2.76 bits per heavy atom. The topological polar surface area (TPSA) is 95.6 Å². The van der Waals surface area contributed by atoms with Crippen molar-refractivity contribution in [2.24, 2.45) is 16.6 Å². The van der Waals surface area contributed by atoms with Crippen LogP contribution in [0.3, 0.4) is 0 Å². The number of guanidine groups is 1. The van der Waals surface area contributed by atoms with Crippen LogP contribution >= 0.6 is 35.3 Å². The third-order valence-electron chi connectivity index (χ3n) is 4.55. The Morgan fingerprint density at radius 2 is 2.14 bits per heavy atom. The van der Waals surface area contributed by atoms with Gasteiger partial charge >= 0.3 is 6.18 Å². The molecule has 1 atom stereocenters. The zero-order valence-electron chi connectivity index (χ0n) is 16.3. The fourth-order valence-electron chi connectivity index (χ4n) is 3.06. The number of nitrogens with one attached hydrogen (secondary N) is 2. The van der Waals surface area contributed by atoms with Crippen molar-refractivity contribution in [1.29, 1.82) is 0 Å². The molecule has 0 saturated carbocycles. The predicted octanol–water partition coefficient (Wildman–Crippen LogP) is 2.07. The summed E-state index contributed by atoms with van der Waals surface area (Å²) in [5, 5.41) is 7.73. The Hall–Kier alpha value is -1.15. The number of alkyl halides is 3. The van der Waals surface area contributed by atoms with Crippen LogP contribution in [0.15, 0.2) is 10.4 Å². The van der Waals surface area contributed by atoms with Gasteiger partial charge in [-0.1, -0.05) is 0 Å². The van der Waals surface area contributed by atoms with E-state index in [0.29, 0.717) is 30.5 Å². The number of nitrogens with zero attached hydrogens (tertiary/aromatic N) is 3. The van der Waals surface area contributed by atoms with Gasteiger partial charge in [0.25, 0.3) is 0 Å². The molecular formula is C17H28F3IN6OS. The second kappa shape index (κ2) is 12.5. The number of thiazole rings is 1. The van der Waals surface area contributed by atoms with Crippen molar-refractivity contribution >= 4 is 47.2 Å². The van der Waals surface area contributed by atoms with Crippen LogP contribution in [-0.4, -0.2) is 61.5 Å². The summed E-state index contributed by atoms with van der Waals surface area (Å²) in [6, 6.07) is 0. The molecule has 1 aliphatic rings. The Balaban J connectivity index is 0.00000420. The Bertz CT molecular complexity index is 670. The van der Waals surface area contributed by atoms with Gasteiger partial charge in [-0.05, 0) is 32.4 Å². The van der Waals surface area contributed by atoms with Gasteiger partial charge in [0.1, 0.15) is 0 Å². The van der Waals surface area contributed by atoms with Crippen LogP contribution in [0.5, 0.6) is 0 Å². The second-order valence-corrected chi connectivity index (χ2v) is 7.64. The van der Waals surface area contributed by atoms with Gasteiger partial charge in [-0.3, -0.25) is 9.79 Å². The number of aromatic nitrogens is 1. The molecule has 29 heavy (non-hydrogen) atoms. The number of nitrogens with two attached hydrogens (primary N) is 1. The average molecular weight is 548 g/mol. The lowest BCUT2D eigenvalue weighted by atomic mass is 9.97. The van der Waals surface area contributed by atoms with Gasteiger partial charge in [-0.15, -0.1) is 35.3 Å². The number of likely N-dealkylation sites (tertiary alicyclic amines) is 1.